The number of allylic oxidation sites excluding steroid dienone is 1. The molecule has 0 heterocycles. The third kappa shape index (κ3) is 4.94. The van der Waals surface area contributed by atoms with Crippen LogP contribution in [0.2, 0.25) is 5.04 Å². The van der Waals surface area contributed by atoms with Crippen molar-refractivity contribution in [3.8, 4) is 0 Å². The predicted octanol–water partition coefficient (Wildman–Crippen LogP) is 2.14. The summed E-state index contributed by atoms with van der Waals surface area (Å²) >= 11 is 0. The largest absolute Gasteiger partial charge is 0.457 e. The Morgan fingerprint density at radius 2 is 2.00 bits per heavy atom. The first-order valence-electron chi connectivity index (χ1n) is 6.69. The standard InChI is InChI=1S/C13H24NO2Si/c1-2-7-12(15)14(16)11-6-10-13(17)8-4-3-5-9-13/h2,7H,3-6,8-11H2,1,17H3/q+1. The van der Waals surface area contributed by atoms with E-state index in [1.54, 1.807) is 13.0 Å². The molecule has 17 heavy (non-hydrogen) atoms. The number of carbonyl (C=O) groups excluding carboxylic acids is 1. The number of hydrogen-bond acceptors (Lipinski definition) is 2. The van der Waals surface area contributed by atoms with Gasteiger partial charge >= 0.3 is 5.91 Å². The minimum Gasteiger partial charge on any atom is -0.210 e. The molecular formula is C13H24NO2Si+. The molecule has 4 heteroatoms. The van der Waals surface area contributed by atoms with E-state index in [1.807, 2.05) is 0 Å². The van der Waals surface area contributed by atoms with E-state index in [0.29, 0.717) is 16.3 Å². The average molecular weight is 254 g/mol. The normalized spacial score (nSPS) is 19.6. The maximum absolute atomic E-state index is 11.4. The zero-order valence-electron chi connectivity index (χ0n) is 11.1. The molecular weight excluding hydrogens is 230 g/mol. The van der Waals surface area contributed by atoms with Gasteiger partial charge in [0.15, 0.2) is 0 Å². The smallest absolute Gasteiger partial charge is 0.210 e. The molecule has 1 amide bonds. The fourth-order valence-corrected chi connectivity index (χ4v) is 3.70. The molecule has 1 aliphatic rings. The summed E-state index contributed by atoms with van der Waals surface area (Å²) in [4.78, 5) is 22.6. The van der Waals surface area contributed by atoms with Crippen LogP contribution >= 0.6 is 0 Å². The van der Waals surface area contributed by atoms with Crippen LogP contribution < -0.4 is 0 Å². The molecule has 0 aromatic rings. The number of carbonyl (C=O) groups is 1. The van der Waals surface area contributed by atoms with Gasteiger partial charge in [0, 0.05) is 21.6 Å². The molecule has 0 radical (unpaired) electrons. The van der Waals surface area contributed by atoms with Gasteiger partial charge in [-0.15, -0.1) is 0 Å². The van der Waals surface area contributed by atoms with Crippen LogP contribution in [0.1, 0.15) is 51.9 Å². The summed E-state index contributed by atoms with van der Waals surface area (Å²) < 4.78 is 0.591. The Kier molecular flexibility index (Phi) is 5.75. The van der Waals surface area contributed by atoms with Gasteiger partial charge in [0.25, 0.3) is 0 Å². The van der Waals surface area contributed by atoms with Crippen LogP contribution in [0.25, 0.3) is 0 Å². The lowest BCUT2D eigenvalue weighted by molar-refractivity contribution is -0.464. The summed E-state index contributed by atoms with van der Waals surface area (Å²) in [5, 5.41) is 0.544. The van der Waals surface area contributed by atoms with Crippen LogP contribution in [0.5, 0.6) is 0 Å². The van der Waals surface area contributed by atoms with E-state index in [0.717, 1.165) is 12.8 Å². The minimum atomic E-state index is -0.418. The van der Waals surface area contributed by atoms with Crippen molar-refractivity contribution in [1.82, 2.24) is 0 Å². The van der Waals surface area contributed by atoms with Crippen molar-refractivity contribution in [1.29, 1.82) is 0 Å². The molecule has 3 nitrogen and oxygen atoms in total. The number of nitrogens with zero attached hydrogens (tertiary/aromatic N) is 1. The Hall–Kier alpha value is -0.773. The van der Waals surface area contributed by atoms with E-state index >= 15 is 0 Å². The molecule has 1 rings (SSSR count). The lowest BCUT2D eigenvalue weighted by Crippen LogP contribution is -2.21. The second kappa shape index (κ2) is 6.84. The summed E-state index contributed by atoms with van der Waals surface area (Å²) in [7, 11) is 1.22. The van der Waals surface area contributed by atoms with Crippen LogP contribution in [0, 0.1) is 4.91 Å². The summed E-state index contributed by atoms with van der Waals surface area (Å²) in [6, 6.07) is 0. The number of hydrogen-bond donors (Lipinski definition) is 0. The molecule has 0 spiro atoms. The molecule has 1 saturated carbocycles. The van der Waals surface area contributed by atoms with Gasteiger partial charge in [0.1, 0.15) is 0 Å². The molecule has 0 unspecified atom stereocenters. The van der Waals surface area contributed by atoms with Crippen LogP contribution in [-0.4, -0.2) is 27.5 Å². The van der Waals surface area contributed by atoms with Crippen molar-refractivity contribution in [3.63, 3.8) is 0 Å². The van der Waals surface area contributed by atoms with E-state index in [1.165, 1.54) is 48.4 Å². The van der Waals surface area contributed by atoms with Gasteiger partial charge in [-0.2, -0.15) is 0 Å². The highest BCUT2D eigenvalue weighted by Crippen LogP contribution is 2.43. The highest BCUT2D eigenvalue weighted by molar-refractivity contribution is 6.15. The van der Waals surface area contributed by atoms with Gasteiger partial charge < -0.3 is 0 Å². The molecule has 96 valence electrons. The van der Waals surface area contributed by atoms with Crippen molar-refractivity contribution >= 4 is 16.1 Å². The lowest BCUT2D eigenvalue weighted by atomic mass is 9.85. The van der Waals surface area contributed by atoms with Gasteiger partial charge in [-0.25, -0.2) is 4.79 Å². The van der Waals surface area contributed by atoms with E-state index in [-0.39, 0.29) is 0 Å². The van der Waals surface area contributed by atoms with Crippen molar-refractivity contribution < 1.29 is 9.55 Å². The average Bonchev–Trinajstić information content (AvgIpc) is 2.30. The second-order valence-electron chi connectivity index (χ2n) is 5.42. The number of amides is 1. The van der Waals surface area contributed by atoms with Gasteiger partial charge in [-0.3, -0.25) is 0 Å². The SMILES string of the molecule is CC=CC(=O)[N+](=O)CCCC1([SiH3])CCCCC1. The third-order valence-corrected chi connectivity index (χ3v) is 5.26. The molecule has 0 aromatic carbocycles. The topological polar surface area (TPSA) is 37.1 Å². The zero-order valence-corrected chi connectivity index (χ0v) is 13.1. The number of nitroso groups, excluding NO2 is 1. The molecule has 0 N–H and O–H groups in total. The van der Waals surface area contributed by atoms with Crippen molar-refractivity contribution in [2.24, 2.45) is 0 Å². The first kappa shape index (κ1) is 14.3. The molecule has 0 bridgehead atoms. The monoisotopic (exact) mass is 254 g/mol. The van der Waals surface area contributed by atoms with Crippen LogP contribution in [0.3, 0.4) is 0 Å². The summed E-state index contributed by atoms with van der Waals surface area (Å²) in [5.74, 6) is -0.418. The van der Waals surface area contributed by atoms with Crippen molar-refractivity contribution in [2.45, 2.75) is 56.9 Å². The molecule has 1 fully saturated rings. The summed E-state index contributed by atoms with van der Waals surface area (Å²) in [6.07, 6.45) is 11.7. The maximum atomic E-state index is 11.4. The van der Waals surface area contributed by atoms with Crippen LogP contribution in [0.15, 0.2) is 12.2 Å². The van der Waals surface area contributed by atoms with E-state index < -0.39 is 5.91 Å². The van der Waals surface area contributed by atoms with Crippen LogP contribution in [-0.2, 0) is 4.79 Å². The van der Waals surface area contributed by atoms with Crippen LogP contribution in [0.4, 0.5) is 0 Å². The van der Waals surface area contributed by atoms with Gasteiger partial charge in [-0.1, -0.05) is 38.2 Å². The van der Waals surface area contributed by atoms with E-state index in [2.05, 4.69) is 0 Å². The van der Waals surface area contributed by atoms with E-state index in [9.17, 15) is 9.70 Å². The van der Waals surface area contributed by atoms with E-state index in [4.69, 9.17) is 0 Å². The Bertz CT molecular complexity index is 307. The fraction of sp³-hybridized carbons (Fsp3) is 0.769. The molecule has 1 aliphatic carbocycles. The highest BCUT2D eigenvalue weighted by Gasteiger charge is 2.27. The summed E-state index contributed by atoms with van der Waals surface area (Å²) in [5.41, 5.74) is 0. The second-order valence-corrected chi connectivity index (χ2v) is 7.54. The maximum Gasteiger partial charge on any atom is 0.457 e. The number of rotatable bonds is 5. The first-order chi connectivity index (χ1) is 8.07. The molecule has 0 atom stereocenters. The predicted molar refractivity (Wildman–Crippen MR) is 73.3 cm³/mol. The molecule has 0 aromatic heterocycles. The van der Waals surface area contributed by atoms with Gasteiger partial charge in [0.2, 0.25) is 6.54 Å². The molecule has 0 saturated heterocycles. The van der Waals surface area contributed by atoms with Gasteiger partial charge in [-0.05, 0) is 18.4 Å². The molecule has 0 aliphatic heterocycles. The Morgan fingerprint density at radius 1 is 1.35 bits per heavy atom. The summed E-state index contributed by atoms with van der Waals surface area (Å²) in [6.45, 7) is 2.10. The third-order valence-electron chi connectivity index (χ3n) is 3.76. The Morgan fingerprint density at radius 3 is 2.59 bits per heavy atom. The minimum absolute atomic E-state index is 0.354. The Balaban J connectivity index is 2.27. The fourth-order valence-electron chi connectivity index (χ4n) is 2.64. The quantitative estimate of drug-likeness (QED) is 0.428. The first-order valence-corrected chi connectivity index (χ1v) is 7.69. The van der Waals surface area contributed by atoms with Crippen molar-refractivity contribution in [2.75, 3.05) is 6.54 Å². The van der Waals surface area contributed by atoms with Crippen molar-refractivity contribution in [3.05, 3.63) is 17.1 Å². The zero-order chi connectivity index (χ0) is 12.7. The lowest BCUT2D eigenvalue weighted by Gasteiger charge is -2.33. The highest BCUT2D eigenvalue weighted by atomic mass is 28.1. The Labute approximate surface area is 107 Å². The van der Waals surface area contributed by atoms with Gasteiger partial charge in [0.05, 0.1) is 10.8 Å².